The molecule has 0 fully saturated rings. The van der Waals surface area contributed by atoms with E-state index in [2.05, 4.69) is 22.2 Å². The second-order valence-corrected chi connectivity index (χ2v) is 3.91. The van der Waals surface area contributed by atoms with Crippen LogP contribution in [0.15, 0.2) is 48.0 Å². The number of guanidine groups is 1. The standard InChI is InChI=1S/C14H21N3O/c1-3-9-16-14(15-2)17-10-13(11-18)12-7-5-4-6-8-12/h3-8,13,18H,1,9-11H2,2H3,(H2,15,16,17). The van der Waals surface area contributed by atoms with Gasteiger partial charge in [-0.3, -0.25) is 4.99 Å². The van der Waals surface area contributed by atoms with Crippen molar-refractivity contribution in [2.45, 2.75) is 5.92 Å². The summed E-state index contributed by atoms with van der Waals surface area (Å²) in [4.78, 5) is 4.09. The highest BCUT2D eigenvalue weighted by Crippen LogP contribution is 2.13. The number of nitrogens with zero attached hydrogens (tertiary/aromatic N) is 1. The maximum Gasteiger partial charge on any atom is 0.191 e. The van der Waals surface area contributed by atoms with Crippen molar-refractivity contribution in [2.24, 2.45) is 4.99 Å². The quantitative estimate of drug-likeness (QED) is 0.401. The van der Waals surface area contributed by atoms with E-state index in [-0.39, 0.29) is 12.5 Å². The van der Waals surface area contributed by atoms with Crippen LogP contribution in [0.4, 0.5) is 0 Å². The number of hydrogen-bond donors (Lipinski definition) is 3. The van der Waals surface area contributed by atoms with E-state index in [1.165, 1.54) is 0 Å². The molecule has 1 atom stereocenters. The minimum atomic E-state index is 0.0634. The number of rotatable bonds is 6. The Labute approximate surface area is 108 Å². The first-order valence-electron chi connectivity index (χ1n) is 6.03. The summed E-state index contributed by atoms with van der Waals surface area (Å²) in [5.74, 6) is 0.776. The molecule has 0 radical (unpaired) electrons. The zero-order valence-electron chi connectivity index (χ0n) is 10.8. The van der Waals surface area contributed by atoms with Gasteiger partial charge < -0.3 is 15.7 Å². The highest BCUT2D eigenvalue weighted by molar-refractivity contribution is 5.79. The maximum atomic E-state index is 9.42. The molecule has 1 unspecified atom stereocenters. The molecule has 1 rings (SSSR count). The van der Waals surface area contributed by atoms with Crippen LogP contribution in [0.3, 0.4) is 0 Å². The molecule has 98 valence electrons. The Bertz CT molecular complexity index is 376. The Hall–Kier alpha value is -1.81. The third-order valence-corrected chi connectivity index (χ3v) is 2.64. The third-order valence-electron chi connectivity index (χ3n) is 2.64. The molecule has 0 amide bonds. The lowest BCUT2D eigenvalue weighted by Crippen LogP contribution is -2.39. The lowest BCUT2D eigenvalue weighted by atomic mass is 10.0. The Morgan fingerprint density at radius 3 is 2.67 bits per heavy atom. The van der Waals surface area contributed by atoms with Crippen LogP contribution < -0.4 is 10.6 Å². The first-order valence-corrected chi connectivity index (χ1v) is 6.03. The number of aliphatic imine (C=N–C) groups is 1. The van der Waals surface area contributed by atoms with Crippen LogP contribution in [0, 0.1) is 0 Å². The maximum absolute atomic E-state index is 9.42. The average Bonchev–Trinajstić information content (AvgIpc) is 2.44. The van der Waals surface area contributed by atoms with Gasteiger partial charge in [-0.25, -0.2) is 0 Å². The predicted octanol–water partition coefficient (Wildman–Crippen LogP) is 1.11. The molecular formula is C14H21N3O. The second-order valence-electron chi connectivity index (χ2n) is 3.91. The van der Waals surface area contributed by atoms with Gasteiger partial charge in [0.05, 0.1) is 6.61 Å². The average molecular weight is 247 g/mol. The van der Waals surface area contributed by atoms with Crippen molar-refractivity contribution < 1.29 is 5.11 Å². The van der Waals surface area contributed by atoms with Gasteiger partial charge in [-0.1, -0.05) is 36.4 Å². The summed E-state index contributed by atoms with van der Waals surface area (Å²) in [5, 5.41) is 15.7. The van der Waals surface area contributed by atoms with Crippen LogP contribution in [-0.2, 0) is 0 Å². The molecule has 0 saturated heterocycles. The topological polar surface area (TPSA) is 56.7 Å². The largest absolute Gasteiger partial charge is 0.396 e. The van der Waals surface area contributed by atoms with Gasteiger partial charge in [0, 0.05) is 26.1 Å². The van der Waals surface area contributed by atoms with Crippen molar-refractivity contribution in [1.29, 1.82) is 0 Å². The van der Waals surface area contributed by atoms with Crippen LogP contribution in [-0.4, -0.2) is 37.8 Å². The molecule has 0 aliphatic carbocycles. The molecule has 4 heteroatoms. The van der Waals surface area contributed by atoms with Crippen molar-refractivity contribution >= 4 is 5.96 Å². The highest BCUT2D eigenvalue weighted by atomic mass is 16.3. The molecule has 18 heavy (non-hydrogen) atoms. The van der Waals surface area contributed by atoms with Crippen LogP contribution in [0.1, 0.15) is 11.5 Å². The third kappa shape index (κ3) is 4.59. The van der Waals surface area contributed by atoms with E-state index in [1.807, 2.05) is 30.3 Å². The fraction of sp³-hybridized carbons (Fsp3) is 0.357. The molecule has 0 aromatic heterocycles. The summed E-state index contributed by atoms with van der Waals surface area (Å²) in [6.07, 6.45) is 1.77. The fourth-order valence-corrected chi connectivity index (χ4v) is 1.62. The van der Waals surface area contributed by atoms with E-state index in [9.17, 15) is 5.11 Å². The molecule has 4 nitrogen and oxygen atoms in total. The number of nitrogens with one attached hydrogen (secondary N) is 2. The Morgan fingerprint density at radius 2 is 2.11 bits per heavy atom. The summed E-state index contributed by atoms with van der Waals surface area (Å²) >= 11 is 0. The van der Waals surface area contributed by atoms with E-state index in [4.69, 9.17) is 0 Å². The summed E-state index contributed by atoms with van der Waals surface area (Å²) in [6, 6.07) is 9.95. The molecule has 1 aromatic carbocycles. The Balaban J connectivity index is 2.51. The van der Waals surface area contributed by atoms with Gasteiger partial charge in [0.25, 0.3) is 0 Å². The van der Waals surface area contributed by atoms with Crippen LogP contribution >= 0.6 is 0 Å². The normalized spacial score (nSPS) is 12.9. The van der Waals surface area contributed by atoms with Gasteiger partial charge in [-0.15, -0.1) is 6.58 Å². The fourth-order valence-electron chi connectivity index (χ4n) is 1.62. The van der Waals surface area contributed by atoms with E-state index < -0.39 is 0 Å². The van der Waals surface area contributed by atoms with E-state index in [1.54, 1.807) is 13.1 Å². The van der Waals surface area contributed by atoms with E-state index in [0.717, 1.165) is 5.56 Å². The lowest BCUT2D eigenvalue weighted by molar-refractivity contribution is 0.265. The SMILES string of the molecule is C=CCNC(=NC)NCC(CO)c1ccccc1. The zero-order chi connectivity index (χ0) is 13.2. The molecule has 1 aromatic rings. The van der Waals surface area contributed by atoms with Gasteiger partial charge in [-0.2, -0.15) is 0 Å². The van der Waals surface area contributed by atoms with Gasteiger partial charge in [0.15, 0.2) is 5.96 Å². The Kier molecular flexibility index (Phi) is 6.58. The predicted molar refractivity (Wildman–Crippen MR) is 75.8 cm³/mol. The van der Waals surface area contributed by atoms with Gasteiger partial charge >= 0.3 is 0 Å². The summed E-state index contributed by atoms with van der Waals surface area (Å²) in [5.41, 5.74) is 1.12. The van der Waals surface area contributed by atoms with Gasteiger partial charge in [-0.05, 0) is 5.56 Å². The summed E-state index contributed by atoms with van der Waals surface area (Å²) < 4.78 is 0. The van der Waals surface area contributed by atoms with Crippen molar-refractivity contribution in [3.8, 4) is 0 Å². The second kappa shape index (κ2) is 8.31. The van der Waals surface area contributed by atoms with Crippen molar-refractivity contribution in [3.63, 3.8) is 0 Å². The molecule has 0 aliphatic heterocycles. The summed E-state index contributed by atoms with van der Waals surface area (Å²) in [6.45, 7) is 5.05. The molecule has 0 heterocycles. The molecule has 0 bridgehead atoms. The number of aliphatic hydroxyl groups is 1. The van der Waals surface area contributed by atoms with E-state index in [0.29, 0.717) is 19.0 Å². The number of aliphatic hydroxyl groups excluding tert-OH is 1. The van der Waals surface area contributed by atoms with Crippen LogP contribution in [0.25, 0.3) is 0 Å². The van der Waals surface area contributed by atoms with E-state index >= 15 is 0 Å². The first kappa shape index (κ1) is 14.3. The molecular weight excluding hydrogens is 226 g/mol. The van der Waals surface area contributed by atoms with Gasteiger partial charge in [0.1, 0.15) is 0 Å². The molecule has 0 aliphatic rings. The molecule has 0 spiro atoms. The minimum Gasteiger partial charge on any atom is -0.396 e. The first-order chi connectivity index (χ1) is 8.81. The van der Waals surface area contributed by atoms with Crippen molar-refractivity contribution in [1.82, 2.24) is 10.6 Å². The summed E-state index contributed by atoms with van der Waals surface area (Å²) in [7, 11) is 1.72. The van der Waals surface area contributed by atoms with Crippen LogP contribution in [0.2, 0.25) is 0 Å². The van der Waals surface area contributed by atoms with Crippen molar-refractivity contribution in [3.05, 3.63) is 48.6 Å². The molecule has 3 N–H and O–H groups in total. The Morgan fingerprint density at radius 1 is 1.39 bits per heavy atom. The smallest absolute Gasteiger partial charge is 0.191 e. The van der Waals surface area contributed by atoms with Crippen LogP contribution in [0.5, 0.6) is 0 Å². The lowest BCUT2D eigenvalue weighted by Gasteiger charge is -2.17. The number of benzene rings is 1. The highest BCUT2D eigenvalue weighted by Gasteiger charge is 2.10. The monoisotopic (exact) mass is 247 g/mol. The minimum absolute atomic E-state index is 0.0634. The zero-order valence-corrected chi connectivity index (χ0v) is 10.8. The van der Waals surface area contributed by atoms with Crippen molar-refractivity contribution in [2.75, 3.05) is 26.7 Å². The van der Waals surface area contributed by atoms with Gasteiger partial charge in [0.2, 0.25) is 0 Å². The molecule has 0 saturated carbocycles. The number of hydrogen-bond acceptors (Lipinski definition) is 2.